The van der Waals surface area contributed by atoms with E-state index >= 15 is 0 Å². The van der Waals surface area contributed by atoms with Gasteiger partial charge >= 0.3 is 35.5 Å². The fraction of sp³-hybridized carbons (Fsp3) is 0.308. The number of hydrogen-bond acceptors (Lipinski definition) is 3. The number of nitrogens with one attached hydrogen (secondary N) is 1. The molecule has 0 fully saturated rings. The van der Waals surface area contributed by atoms with Crippen LogP contribution in [0.15, 0.2) is 29.8 Å². The number of hydrogen-bond donors (Lipinski definition) is 2. The molecule has 116 valence electrons. The van der Waals surface area contributed by atoms with Crippen molar-refractivity contribution in [3.8, 4) is 0 Å². The Morgan fingerprint density at radius 3 is 2.68 bits per heavy atom. The van der Waals surface area contributed by atoms with Gasteiger partial charge in [0.1, 0.15) is 11.1 Å². The van der Waals surface area contributed by atoms with Gasteiger partial charge in [0, 0.05) is 5.02 Å². The van der Waals surface area contributed by atoms with Gasteiger partial charge in [-0.25, -0.2) is 17.6 Å². The fourth-order valence-corrected chi connectivity index (χ4v) is 3.97. The Morgan fingerprint density at radius 2 is 2.09 bits per heavy atom. The van der Waals surface area contributed by atoms with Crippen molar-refractivity contribution in [1.82, 2.24) is 0 Å². The SMILES string of the molecule is O=C(O)C1=CCCCC1S(=O)(=O)Nc1ccc(Cl)cc1F.[NaH]. The number of carboxylic acid groups (broad SMARTS) is 1. The predicted molar refractivity (Wildman–Crippen MR) is 84.5 cm³/mol. The quantitative estimate of drug-likeness (QED) is 0.809. The van der Waals surface area contributed by atoms with Gasteiger partial charge in [-0.2, -0.15) is 0 Å². The molecular formula is C13H14ClFNNaO4S. The van der Waals surface area contributed by atoms with Crippen molar-refractivity contribution < 1.29 is 22.7 Å². The van der Waals surface area contributed by atoms with Gasteiger partial charge in [0.15, 0.2) is 0 Å². The number of allylic oxidation sites excluding steroid dienone is 1. The van der Waals surface area contributed by atoms with E-state index in [2.05, 4.69) is 4.72 Å². The van der Waals surface area contributed by atoms with Gasteiger partial charge in [0.25, 0.3) is 0 Å². The molecule has 1 aromatic rings. The average molecular weight is 358 g/mol. The average Bonchev–Trinajstić information content (AvgIpc) is 2.42. The molecule has 9 heteroatoms. The van der Waals surface area contributed by atoms with E-state index in [0.29, 0.717) is 12.8 Å². The molecule has 0 saturated carbocycles. The Bertz CT molecular complexity index is 708. The number of aliphatic carboxylic acids is 1. The fourth-order valence-electron chi connectivity index (χ4n) is 2.19. The van der Waals surface area contributed by atoms with Crippen LogP contribution in [0.3, 0.4) is 0 Å². The van der Waals surface area contributed by atoms with E-state index in [4.69, 9.17) is 16.7 Å². The number of sulfonamides is 1. The maximum absolute atomic E-state index is 13.7. The van der Waals surface area contributed by atoms with Gasteiger partial charge in [0.05, 0.1) is 11.3 Å². The molecular weight excluding hydrogens is 344 g/mol. The van der Waals surface area contributed by atoms with Crippen molar-refractivity contribution >= 4 is 62.8 Å². The van der Waals surface area contributed by atoms with E-state index in [1.165, 1.54) is 18.2 Å². The monoisotopic (exact) mass is 357 g/mol. The van der Waals surface area contributed by atoms with E-state index in [1.807, 2.05) is 0 Å². The predicted octanol–water partition coefficient (Wildman–Crippen LogP) is 2.14. The van der Waals surface area contributed by atoms with Gasteiger partial charge in [-0.3, -0.25) is 4.72 Å². The molecule has 1 aliphatic rings. The summed E-state index contributed by atoms with van der Waals surface area (Å²) < 4.78 is 40.3. The van der Waals surface area contributed by atoms with E-state index < -0.39 is 27.1 Å². The second-order valence-corrected chi connectivity index (χ2v) is 6.96. The first-order valence-electron chi connectivity index (χ1n) is 6.21. The Hall–Kier alpha value is -0.600. The summed E-state index contributed by atoms with van der Waals surface area (Å²) in [5, 5.41) is 8.02. The number of carbonyl (C=O) groups is 1. The second-order valence-electron chi connectivity index (χ2n) is 4.66. The summed E-state index contributed by atoms with van der Waals surface area (Å²) in [6.45, 7) is 0. The molecule has 0 aliphatic heterocycles. The molecule has 0 radical (unpaired) electrons. The third-order valence-electron chi connectivity index (χ3n) is 3.19. The van der Waals surface area contributed by atoms with Crippen LogP contribution >= 0.6 is 11.6 Å². The summed E-state index contributed by atoms with van der Waals surface area (Å²) in [5.41, 5.74) is -0.433. The number of carboxylic acids is 1. The topological polar surface area (TPSA) is 83.5 Å². The van der Waals surface area contributed by atoms with Gasteiger partial charge in [-0.1, -0.05) is 17.7 Å². The van der Waals surface area contributed by atoms with Gasteiger partial charge in [-0.15, -0.1) is 0 Å². The summed E-state index contributed by atoms with van der Waals surface area (Å²) in [7, 11) is -4.05. The van der Waals surface area contributed by atoms with E-state index in [9.17, 15) is 17.6 Å². The van der Waals surface area contributed by atoms with Crippen LogP contribution in [-0.2, 0) is 14.8 Å². The molecule has 1 aliphatic carbocycles. The van der Waals surface area contributed by atoms with E-state index in [1.54, 1.807) is 0 Å². The van der Waals surface area contributed by atoms with Crippen molar-refractivity contribution in [3.63, 3.8) is 0 Å². The molecule has 1 aromatic carbocycles. The summed E-state index contributed by atoms with van der Waals surface area (Å²) in [4.78, 5) is 11.1. The summed E-state index contributed by atoms with van der Waals surface area (Å²) in [6.07, 6.45) is 2.66. The van der Waals surface area contributed by atoms with Crippen LogP contribution in [-0.4, -0.2) is 54.3 Å². The molecule has 0 saturated heterocycles. The van der Waals surface area contributed by atoms with Crippen molar-refractivity contribution in [3.05, 3.63) is 40.7 Å². The van der Waals surface area contributed by atoms with Crippen LogP contribution < -0.4 is 4.72 Å². The minimum atomic E-state index is -4.05. The number of halogens is 2. The first kappa shape index (κ1) is 19.4. The third kappa shape index (κ3) is 4.45. The van der Waals surface area contributed by atoms with Crippen molar-refractivity contribution in [1.29, 1.82) is 0 Å². The Kier molecular flexibility index (Phi) is 6.88. The van der Waals surface area contributed by atoms with Crippen LogP contribution in [0.2, 0.25) is 5.02 Å². The third-order valence-corrected chi connectivity index (χ3v) is 5.16. The van der Waals surface area contributed by atoms with Crippen molar-refractivity contribution in [2.45, 2.75) is 24.5 Å². The molecule has 0 amide bonds. The van der Waals surface area contributed by atoms with Crippen LogP contribution in [0.4, 0.5) is 10.1 Å². The summed E-state index contributed by atoms with van der Waals surface area (Å²) in [6, 6.07) is 3.52. The Balaban J connectivity index is 0.00000242. The molecule has 0 bridgehead atoms. The molecule has 0 aromatic heterocycles. The standard InChI is InChI=1S/C13H13ClFNO4S.Na.H/c14-8-5-6-11(10(15)7-8)16-21(19,20)12-4-2-1-3-9(12)13(17)18;;/h3,5-7,12,16H,1-2,4H2,(H,17,18);;. The molecule has 0 heterocycles. The van der Waals surface area contributed by atoms with Gasteiger partial charge < -0.3 is 5.11 Å². The van der Waals surface area contributed by atoms with Crippen LogP contribution in [0, 0.1) is 5.82 Å². The van der Waals surface area contributed by atoms with Crippen LogP contribution in [0.5, 0.6) is 0 Å². The molecule has 1 atom stereocenters. The summed E-state index contributed by atoms with van der Waals surface area (Å²) in [5.74, 6) is -2.09. The minimum absolute atomic E-state index is 0. The van der Waals surface area contributed by atoms with Crippen molar-refractivity contribution in [2.75, 3.05) is 4.72 Å². The molecule has 2 rings (SSSR count). The zero-order chi connectivity index (χ0) is 15.6. The molecule has 5 nitrogen and oxygen atoms in total. The van der Waals surface area contributed by atoms with Crippen LogP contribution in [0.1, 0.15) is 19.3 Å². The van der Waals surface area contributed by atoms with Gasteiger partial charge in [0.2, 0.25) is 10.0 Å². The van der Waals surface area contributed by atoms with E-state index in [-0.39, 0.29) is 52.3 Å². The van der Waals surface area contributed by atoms with Crippen LogP contribution in [0.25, 0.3) is 0 Å². The Morgan fingerprint density at radius 1 is 1.41 bits per heavy atom. The number of anilines is 1. The number of benzene rings is 1. The van der Waals surface area contributed by atoms with E-state index in [0.717, 1.165) is 6.07 Å². The normalized spacial score (nSPS) is 18.1. The Labute approximate surface area is 154 Å². The molecule has 0 spiro atoms. The number of rotatable bonds is 4. The molecule has 2 N–H and O–H groups in total. The molecule has 22 heavy (non-hydrogen) atoms. The van der Waals surface area contributed by atoms with Gasteiger partial charge in [-0.05, 0) is 37.5 Å². The first-order valence-corrected chi connectivity index (χ1v) is 8.14. The first-order chi connectivity index (χ1) is 9.81. The second kappa shape index (κ2) is 7.79. The van der Waals surface area contributed by atoms with Crippen molar-refractivity contribution in [2.24, 2.45) is 0 Å². The zero-order valence-electron chi connectivity index (χ0n) is 10.8. The molecule has 1 unspecified atom stereocenters. The summed E-state index contributed by atoms with van der Waals surface area (Å²) >= 11 is 5.60. The maximum atomic E-state index is 13.7. The zero-order valence-corrected chi connectivity index (χ0v) is 12.4.